The van der Waals surface area contributed by atoms with E-state index in [0.29, 0.717) is 11.3 Å². The first-order chi connectivity index (χ1) is 14.0. The smallest absolute Gasteiger partial charge is 0.307 e. The molecule has 2 N–H and O–H groups in total. The quantitative estimate of drug-likeness (QED) is 0.616. The fourth-order valence-electron chi connectivity index (χ4n) is 3.31. The minimum Gasteiger partial charge on any atom is -0.503 e. The lowest BCUT2D eigenvalue weighted by Crippen LogP contribution is -2.30. The molecule has 4 rings (SSSR count). The van der Waals surface area contributed by atoms with Gasteiger partial charge in [0.15, 0.2) is 11.5 Å². The van der Waals surface area contributed by atoms with E-state index in [1.54, 1.807) is 36.4 Å². The molecule has 1 aliphatic rings. The van der Waals surface area contributed by atoms with Crippen molar-refractivity contribution in [1.29, 1.82) is 0 Å². The average molecular weight is 393 g/mol. The van der Waals surface area contributed by atoms with Crippen LogP contribution in [-0.4, -0.2) is 27.9 Å². The fraction of sp³-hybridized carbons (Fsp3) is 0.0952. The molecule has 0 saturated heterocycles. The molecule has 2 aromatic heterocycles. The molecular formula is C21H15NO7. The highest BCUT2D eigenvalue weighted by molar-refractivity contribution is 6.20. The molecule has 8 heteroatoms. The van der Waals surface area contributed by atoms with Gasteiger partial charge in [0.25, 0.3) is 5.91 Å². The second-order valence-electron chi connectivity index (χ2n) is 6.40. The Kier molecular flexibility index (Phi) is 4.52. The first kappa shape index (κ1) is 18.3. The van der Waals surface area contributed by atoms with Crippen LogP contribution in [0.25, 0.3) is 0 Å². The van der Waals surface area contributed by atoms with Gasteiger partial charge >= 0.3 is 5.97 Å². The van der Waals surface area contributed by atoms with Crippen molar-refractivity contribution in [3.05, 3.63) is 89.5 Å². The number of amides is 1. The number of carbonyl (C=O) groups excluding carboxylic acids is 2. The molecule has 8 nitrogen and oxygen atoms in total. The number of hydrogen-bond acceptors (Lipinski definition) is 6. The van der Waals surface area contributed by atoms with Crippen molar-refractivity contribution in [3.8, 4) is 0 Å². The number of benzene rings is 1. The van der Waals surface area contributed by atoms with E-state index in [0.717, 1.165) is 0 Å². The Balaban J connectivity index is 1.77. The molecule has 0 bridgehead atoms. The van der Waals surface area contributed by atoms with E-state index < -0.39 is 29.5 Å². The Bertz CT molecular complexity index is 1090. The molecule has 0 fully saturated rings. The van der Waals surface area contributed by atoms with Gasteiger partial charge in [-0.3, -0.25) is 19.3 Å². The summed E-state index contributed by atoms with van der Waals surface area (Å²) in [5.74, 6) is -2.81. The summed E-state index contributed by atoms with van der Waals surface area (Å²) in [4.78, 5) is 37.9. The molecule has 1 aromatic carbocycles. The van der Waals surface area contributed by atoms with Gasteiger partial charge in [0.1, 0.15) is 11.8 Å². The Morgan fingerprint density at radius 3 is 2.28 bits per heavy atom. The fourth-order valence-corrected chi connectivity index (χ4v) is 3.31. The number of carboxylic acid groups (broad SMARTS) is 1. The van der Waals surface area contributed by atoms with Crippen molar-refractivity contribution < 1.29 is 33.4 Å². The van der Waals surface area contributed by atoms with Crippen molar-refractivity contribution in [2.75, 3.05) is 4.90 Å². The van der Waals surface area contributed by atoms with E-state index in [2.05, 4.69) is 0 Å². The number of carboxylic acids is 1. The van der Waals surface area contributed by atoms with Crippen molar-refractivity contribution in [3.63, 3.8) is 0 Å². The third-order valence-electron chi connectivity index (χ3n) is 4.58. The largest absolute Gasteiger partial charge is 0.503 e. The second kappa shape index (κ2) is 7.16. The Labute approximate surface area is 164 Å². The summed E-state index contributed by atoms with van der Waals surface area (Å²) in [5.41, 5.74) is 0.764. The van der Waals surface area contributed by atoms with Crippen LogP contribution in [0.15, 0.2) is 81.2 Å². The Morgan fingerprint density at radius 1 is 1.00 bits per heavy atom. The summed E-state index contributed by atoms with van der Waals surface area (Å²) >= 11 is 0. The highest BCUT2D eigenvalue weighted by Crippen LogP contribution is 2.42. The van der Waals surface area contributed by atoms with E-state index in [1.165, 1.54) is 29.6 Å². The van der Waals surface area contributed by atoms with Crippen molar-refractivity contribution in [2.45, 2.75) is 12.5 Å². The number of aliphatic hydroxyl groups is 1. The number of hydrogen-bond donors (Lipinski definition) is 2. The van der Waals surface area contributed by atoms with Crippen LogP contribution in [0.4, 0.5) is 5.69 Å². The molecule has 1 aliphatic heterocycles. The number of furan rings is 2. The van der Waals surface area contributed by atoms with Crippen LogP contribution in [-0.2, 0) is 16.0 Å². The lowest BCUT2D eigenvalue weighted by Gasteiger charge is -2.25. The van der Waals surface area contributed by atoms with Crippen LogP contribution >= 0.6 is 0 Å². The standard InChI is InChI=1S/C21H15NO7/c23-16(24)11-12-5-7-13(8-6-12)22-18(14-3-1-9-28-14)17(20(26)21(22)27)19(25)15-4-2-10-29-15/h1-10,18,26H,11H2,(H,23,24). The third-order valence-corrected chi connectivity index (χ3v) is 4.58. The van der Waals surface area contributed by atoms with Gasteiger partial charge in [0.05, 0.1) is 24.5 Å². The van der Waals surface area contributed by atoms with E-state index in [-0.39, 0.29) is 23.5 Å². The van der Waals surface area contributed by atoms with Crippen molar-refractivity contribution >= 4 is 23.3 Å². The predicted octanol–water partition coefficient (Wildman–Crippen LogP) is 3.28. The Hall–Kier alpha value is -4.07. The predicted molar refractivity (Wildman–Crippen MR) is 99.4 cm³/mol. The highest BCUT2D eigenvalue weighted by atomic mass is 16.4. The highest BCUT2D eigenvalue weighted by Gasteiger charge is 2.46. The third kappa shape index (κ3) is 3.20. The van der Waals surface area contributed by atoms with E-state index >= 15 is 0 Å². The lowest BCUT2D eigenvalue weighted by molar-refractivity contribution is -0.136. The number of anilines is 1. The molecular weight excluding hydrogens is 378 g/mol. The molecule has 146 valence electrons. The van der Waals surface area contributed by atoms with Gasteiger partial charge in [0.2, 0.25) is 5.78 Å². The molecule has 0 spiro atoms. The maximum absolute atomic E-state index is 12.9. The zero-order chi connectivity index (χ0) is 20.5. The van der Waals surface area contributed by atoms with Crippen molar-refractivity contribution in [1.82, 2.24) is 0 Å². The molecule has 0 aliphatic carbocycles. The van der Waals surface area contributed by atoms with Crippen LogP contribution in [0.5, 0.6) is 0 Å². The summed E-state index contributed by atoms with van der Waals surface area (Å²) in [6, 6.07) is 11.4. The van der Waals surface area contributed by atoms with Crippen LogP contribution in [0.1, 0.15) is 27.9 Å². The van der Waals surface area contributed by atoms with E-state index in [9.17, 15) is 19.5 Å². The van der Waals surface area contributed by atoms with Gasteiger partial charge in [-0.1, -0.05) is 12.1 Å². The first-order valence-electron chi connectivity index (χ1n) is 8.66. The molecule has 3 heterocycles. The maximum atomic E-state index is 12.9. The number of ketones is 1. The SMILES string of the molecule is O=C(O)Cc1ccc(N2C(=O)C(O)=C(C(=O)c3ccco3)C2c2ccco2)cc1. The average Bonchev–Trinajstić information content (AvgIpc) is 3.44. The topological polar surface area (TPSA) is 121 Å². The van der Waals surface area contributed by atoms with Gasteiger partial charge in [-0.25, -0.2) is 0 Å². The van der Waals surface area contributed by atoms with Gasteiger partial charge in [-0.15, -0.1) is 0 Å². The molecule has 1 amide bonds. The minimum absolute atomic E-state index is 0.0189. The Morgan fingerprint density at radius 2 is 1.69 bits per heavy atom. The molecule has 1 unspecified atom stereocenters. The molecule has 1 atom stereocenters. The van der Waals surface area contributed by atoms with Gasteiger partial charge in [-0.2, -0.15) is 0 Å². The second-order valence-corrected chi connectivity index (χ2v) is 6.40. The summed E-state index contributed by atoms with van der Waals surface area (Å²) < 4.78 is 10.6. The summed E-state index contributed by atoms with van der Waals surface area (Å²) in [5, 5.41) is 19.4. The first-order valence-corrected chi connectivity index (χ1v) is 8.66. The van der Waals surface area contributed by atoms with Crippen LogP contribution in [0.3, 0.4) is 0 Å². The molecule has 29 heavy (non-hydrogen) atoms. The summed E-state index contributed by atoms with van der Waals surface area (Å²) in [6.07, 6.45) is 2.56. The maximum Gasteiger partial charge on any atom is 0.307 e. The van der Waals surface area contributed by atoms with Gasteiger partial charge < -0.3 is 19.0 Å². The monoisotopic (exact) mass is 393 g/mol. The number of rotatable bonds is 6. The minimum atomic E-state index is -1.000. The van der Waals surface area contributed by atoms with Crippen molar-refractivity contribution in [2.24, 2.45) is 0 Å². The number of carbonyl (C=O) groups is 3. The molecule has 0 saturated carbocycles. The van der Waals surface area contributed by atoms with E-state index in [4.69, 9.17) is 13.9 Å². The van der Waals surface area contributed by atoms with Gasteiger partial charge in [0, 0.05) is 5.69 Å². The number of Topliss-reactive ketones (excluding diaryl/α,β-unsaturated/α-hetero) is 1. The lowest BCUT2D eigenvalue weighted by atomic mass is 9.99. The number of aliphatic hydroxyl groups excluding tert-OH is 1. The molecule has 3 aromatic rings. The normalized spacial score (nSPS) is 16.5. The summed E-state index contributed by atoms with van der Waals surface area (Å²) in [6.45, 7) is 0. The zero-order valence-corrected chi connectivity index (χ0v) is 14.9. The zero-order valence-electron chi connectivity index (χ0n) is 14.9. The van der Waals surface area contributed by atoms with Gasteiger partial charge in [-0.05, 0) is 42.0 Å². The van der Waals surface area contributed by atoms with Crippen LogP contribution in [0.2, 0.25) is 0 Å². The molecule has 0 radical (unpaired) electrons. The summed E-state index contributed by atoms with van der Waals surface area (Å²) in [7, 11) is 0. The van der Waals surface area contributed by atoms with Crippen LogP contribution < -0.4 is 4.90 Å². The number of nitrogens with zero attached hydrogens (tertiary/aromatic N) is 1. The number of aliphatic carboxylic acids is 1. The van der Waals surface area contributed by atoms with Crippen LogP contribution in [0, 0.1) is 0 Å². The van der Waals surface area contributed by atoms with E-state index in [1.807, 2.05) is 0 Å².